The third-order valence-corrected chi connectivity index (χ3v) is 1.91. The van der Waals surface area contributed by atoms with E-state index in [-0.39, 0.29) is 0 Å². The van der Waals surface area contributed by atoms with E-state index in [1.165, 1.54) is 0 Å². The Kier molecular flexibility index (Phi) is 4.19. The van der Waals surface area contributed by atoms with Crippen molar-refractivity contribution in [3.05, 3.63) is 18.0 Å². The number of aryl methyl sites for hydroxylation is 1. The Morgan fingerprint density at radius 2 is 2.21 bits per heavy atom. The van der Waals surface area contributed by atoms with Crippen LogP contribution in [-0.2, 0) is 0 Å². The Morgan fingerprint density at radius 3 is 2.86 bits per heavy atom. The average molecular weight is 195 g/mol. The zero-order valence-electron chi connectivity index (χ0n) is 8.92. The lowest BCUT2D eigenvalue weighted by molar-refractivity contribution is 0.414. The fourth-order valence-corrected chi connectivity index (χ4v) is 1.17. The molecule has 0 saturated carbocycles. The standard InChI is InChI=1S/C10H17N3O/c1-8-6-9(12-5-4-11-2)10(14-3)7-13-8/h6-7,11H,4-5H2,1-3H3,(H,12,13). The van der Waals surface area contributed by atoms with Gasteiger partial charge in [0.15, 0.2) is 5.75 Å². The molecule has 4 nitrogen and oxygen atoms in total. The van der Waals surface area contributed by atoms with E-state index in [1.807, 2.05) is 20.0 Å². The Hall–Kier alpha value is -1.29. The molecular formula is C10H17N3O. The predicted octanol–water partition coefficient (Wildman–Crippen LogP) is 1.03. The second-order valence-corrected chi connectivity index (χ2v) is 3.06. The number of likely N-dealkylation sites (N-methyl/N-ethyl adjacent to an activating group) is 1. The average Bonchev–Trinajstić information content (AvgIpc) is 2.19. The van der Waals surface area contributed by atoms with Gasteiger partial charge in [0.1, 0.15) is 0 Å². The molecule has 4 heteroatoms. The van der Waals surface area contributed by atoms with Gasteiger partial charge in [-0.2, -0.15) is 0 Å². The van der Waals surface area contributed by atoms with Gasteiger partial charge in [0.2, 0.25) is 0 Å². The Labute approximate surface area is 84.7 Å². The predicted molar refractivity (Wildman–Crippen MR) is 57.9 cm³/mol. The molecule has 0 amide bonds. The zero-order chi connectivity index (χ0) is 10.4. The van der Waals surface area contributed by atoms with Crippen molar-refractivity contribution >= 4 is 5.69 Å². The van der Waals surface area contributed by atoms with Crippen molar-refractivity contribution in [1.29, 1.82) is 0 Å². The summed E-state index contributed by atoms with van der Waals surface area (Å²) in [7, 11) is 3.58. The van der Waals surface area contributed by atoms with Crippen LogP contribution in [0.3, 0.4) is 0 Å². The number of ether oxygens (including phenoxy) is 1. The van der Waals surface area contributed by atoms with Gasteiger partial charge in [-0.3, -0.25) is 4.98 Å². The normalized spacial score (nSPS) is 9.93. The molecule has 0 unspecified atom stereocenters. The van der Waals surface area contributed by atoms with E-state index < -0.39 is 0 Å². The molecule has 2 N–H and O–H groups in total. The lowest BCUT2D eigenvalue weighted by Crippen LogP contribution is -2.18. The Bertz CT molecular complexity index is 289. The summed E-state index contributed by atoms with van der Waals surface area (Å²) in [5, 5.41) is 6.35. The third-order valence-electron chi connectivity index (χ3n) is 1.91. The number of hydrogen-bond donors (Lipinski definition) is 2. The number of nitrogens with zero attached hydrogens (tertiary/aromatic N) is 1. The van der Waals surface area contributed by atoms with Gasteiger partial charge in [-0.05, 0) is 20.0 Å². The van der Waals surface area contributed by atoms with Crippen molar-refractivity contribution in [2.75, 3.05) is 32.6 Å². The number of methoxy groups -OCH3 is 1. The number of aromatic nitrogens is 1. The van der Waals surface area contributed by atoms with E-state index in [9.17, 15) is 0 Å². The molecule has 0 aliphatic heterocycles. The molecule has 0 aliphatic rings. The van der Waals surface area contributed by atoms with Gasteiger partial charge in [0.05, 0.1) is 19.0 Å². The monoisotopic (exact) mass is 195 g/mol. The smallest absolute Gasteiger partial charge is 0.160 e. The summed E-state index contributed by atoms with van der Waals surface area (Å²) in [5.41, 5.74) is 1.98. The summed E-state index contributed by atoms with van der Waals surface area (Å²) in [6, 6.07) is 1.98. The minimum absolute atomic E-state index is 0.784. The van der Waals surface area contributed by atoms with Crippen LogP contribution in [0.4, 0.5) is 5.69 Å². The summed E-state index contributed by atoms with van der Waals surface area (Å²) in [6.07, 6.45) is 1.73. The largest absolute Gasteiger partial charge is 0.493 e. The van der Waals surface area contributed by atoms with Crippen LogP contribution < -0.4 is 15.4 Å². The van der Waals surface area contributed by atoms with Crippen LogP contribution >= 0.6 is 0 Å². The van der Waals surface area contributed by atoms with E-state index in [0.29, 0.717) is 0 Å². The number of nitrogens with one attached hydrogen (secondary N) is 2. The number of anilines is 1. The highest BCUT2D eigenvalue weighted by Gasteiger charge is 2.02. The molecule has 0 fully saturated rings. The first kappa shape index (κ1) is 10.8. The molecule has 0 bridgehead atoms. The van der Waals surface area contributed by atoms with Crippen LogP contribution in [0.5, 0.6) is 5.75 Å². The van der Waals surface area contributed by atoms with Gasteiger partial charge >= 0.3 is 0 Å². The minimum atomic E-state index is 0.784. The van der Waals surface area contributed by atoms with Crippen LogP contribution in [0.15, 0.2) is 12.3 Å². The van der Waals surface area contributed by atoms with Crippen molar-refractivity contribution < 1.29 is 4.74 Å². The molecule has 1 aromatic rings. The molecule has 14 heavy (non-hydrogen) atoms. The molecule has 0 saturated heterocycles. The summed E-state index contributed by atoms with van der Waals surface area (Å²) >= 11 is 0. The zero-order valence-corrected chi connectivity index (χ0v) is 8.92. The van der Waals surface area contributed by atoms with E-state index in [0.717, 1.165) is 30.2 Å². The quantitative estimate of drug-likeness (QED) is 0.689. The van der Waals surface area contributed by atoms with Crippen molar-refractivity contribution in [1.82, 2.24) is 10.3 Å². The number of pyridine rings is 1. The summed E-state index contributed by atoms with van der Waals surface area (Å²) in [6.45, 7) is 3.75. The first-order valence-electron chi connectivity index (χ1n) is 4.67. The Balaban J connectivity index is 2.67. The van der Waals surface area contributed by atoms with Crippen molar-refractivity contribution in [2.24, 2.45) is 0 Å². The fourth-order valence-electron chi connectivity index (χ4n) is 1.17. The number of rotatable bonds is 5. The molecule has 0 aliphatic carbocycles. The van der Waals surface area contributed by atoms with Crippen LogP contribution in [0.2, 0.25) is 0 Å². The van der Waals surface area contributed by atoms with Crippen LogP contribution in [0.25, 0.3) is 0 Å². The lowest BCUT2D eigenvalue weighted by Gasteiger charge is -2.10. The third kappa shape index (κ3) is 2.88. The van der Waals surface area contributed by atoms with Crippen LogP contribution in [0, 0.1) is 6.92 Å². The maximum absolute atomic E-state index is 5.19. The Morgan fingerprint density at radius 1 is 1.43 bits per heavy atom. The van der Waals surface area contributed by atoms with Crippen molar-refractivity contribution in [2.45, 2.75) is 6.92 Å². The van der Waals surface area contributed by atoms with Crippen molar-refractivity contribution in [3.8, 4) is 5.75 Å². The highest BCUT2D eigenvalue weighted by molar-refractivity contribution is 5.55. The van der Waals surface area contributed by atoms with Gasteiger partial charge in [0, 0.05) is 18.8 Å². The van der Waals surface area contributed by atoms with E-state index in [2.05, 4.69) is 15.6 Å². The summed E-state index contributed by atoms with van der Waals surface area (Å²) in [4.78, 5) is 4.16. The van der Waals surface area contributed by atoms with E-state index in [1.54, 1.807) is 13.3 Å². The van der Waals surface area contributed by atoms with Crippen molar-refractivity contribution in [3.63, 3.8) is 0 Å². The van der Waals surface area contributed by atoms with E-state index >= 15 is 0 Å². The minimum Gasteiger partial charge on any atom is -0.493 e. The van der Waals surface area contributed by atoms with Gasteiger partial charge < -0.3 is 15.4 Å². The van der Waals surface area contributed by atoms with Gasteiger partial charge in [-0.25, -0.2) is 0 Å². The molecular weight excluding hydrogens is 178 g/mol. The molecule has 0 spiro atoms. The fraction of sp³-hybridized carbons (Fsp3) is 0.500. The molecule has 1 rings (SSSR count). The second-order valence-electron chi connectivity index (χ2n) is 3.06. The molecule has 78 valence electrons. The molecule has 1 heterocycles. The van der Waals surface area contributed by atoms with Gasteiger partial charge in [0.25, 0.3) is 0 Å². The van der Waals surface area contributed by atoms with E-state index in [4.69, 9.17) is 4.74 Å². The maximum Gasteiger partial charge on any atom is 0.160 e. The molecule has 1 aromatic heterocycles. The summed E-state index contributed by atoms with van der Waals surface area (Å²) < 4.78 is 5.19. The van der Waals surface area contributed by atoms with Crippen LogP contribution in [0.1, 0.15) is 5.69 Å². The first-order valence-corrected chi connectivity index (χ1v) is 4.67. The molecule has 0 radical (unpaired) electrons. The molecule has 0 atom stereocenters. The maximum atomic E-state index is 5.19. The molecule has 0 aromatic carbocycles. The first-order chi connectivity index (χ1) is 6.77. The van der Waals surface area contributed by atoms with Gasteiger partial charge in [-0.1, -0.05) is 0 Å². The highest BCUT2D eigenvalue weighted by atomic mass is 16.5. The number of hydrogen-bond acceptors (Lipinski definition) is 4. The SMILES string of the molecule is CNCCNc1cc(C)ncc1OC. The second kappa shape index (κ2) is 5.44. The highest BCUT2D eigenvalue weighted by Crippen LogP contribution is 2.22. The topological polar surface area (TPSA) is 46.2 Å². The summed E-state index contributed by atoms with van der Waals surface area (Å²) in [5.74, 6) is 0.784. The van der Waals surface area contributed by atoms with Gasteiger partial charge in [-0.15, -0.1) is 0 Å². The lowest BCUT2D eigenvalue weighted by atomic mass is 10.3. The van der Waals surface area contributed by atoms with Crippen LogP contribution in [-0.4, -0.2) is 32.2 Å².